The van der Waals surface area contributed by atoms with Gasteiger partial charge in [-0.05, 0) is 24.4 Å². The predicted molar refractivity (Wildman–Crippen MR) is 71.6 cm³/mol. The third-order valence-electron chi connectivity index (χ3n) is 2.96. The molecule has 0 aliphatic carbocycles. The number of hydrogen-bond acceptors (Lipinski definition) is 5. The molecule has 7 heteroatoms. The second kappa shape index (κ2) is 4.20. The van der Waals surface area contributed by atoms with Crippen LogP contribution in [-0.2, 0) is 16.1 Å². The Bertz CT molecular complexity index is 843. The highest BCUT2D eigenvalue weighted by molar-refractivity contribution is 7.16. The van der Waals surface area contributed by atoms with Gasteiger partial charge in [-0.3, -0.25) is 14.0 Å². The molecule has 3 aromatic heterocycles. The normalized spacial score (nSPS) is 11.3. The average Bonchev–Trinajstić information content (AvgIpc) is 2.95. The van der Waals surface area contributed by atoms with E-state index in [0.29, 0.717) is 11.3 Å². The van der Waals surface area contributed by atoms with Crippen molar-refractivity contribution in [2.75, 3.05) is 7.11 Å². The zero-order chi connectivity index (χ0) is 13.6. The second-order valence-electron chi connectivity index (χ2n) is 4.13. The number of thiophene rings is 1. The van der Waals surface area contributed by atoms with Crippen LogP contribution in [0.3, 0.4) is 0 Å². The van der Waals surface area contributed by atoms with Crippen LogP contribution in [0.2, 0.25) is 0 Å². The number of nitrogens with zero attached hydrogens (tertiary/aromatic N) is 3. The average molecular weight is 277 g/mol. The fourth-order valence-electron chi connectivity index (χ4n) is 2.09. The number of hydrogen-bond donors (Lipinski definition) is 0. The summed E-state index contributed by atoms with van der Waals surface area (Å²) >= 11 is 1.55. The lowest BCUT2D eigenvalue weighted by Crippen LogP contribution is -2.29. The number of ether oxygens (including phenoxy) is 1. The zero-order valence-electron chi connectivity index (χ0n) is 10.4. The molecular formula is C12H11N3O3S. The van der Waals surface area contributed by atoms with Gasteiger partial charge in [0, 0.05) is 5.39 Å². The fraction of sp³-hybridized carbons (Fsp3) is 0.250. The van der Waals surface area contributed by atoms with E-state index < -0.39 is 5.97 Å². The van der Waals surface area contributed by atoms with Crippen LogP contribution in [-0.4, -0.2) is 27.3 Å². The SMILES string of the molecule is COC(=O)Cn1nc(C)n2c(cc3ccsc32)c1=O. The largest absolute Gasteiger partial charge is 0.468 e. The summed E-state index contributed by atoms with van der Waals surface area (Å²) in [5.41, 5.74) is 0.234. The van der Waals surface area contributed by atoms with E-state index in [9.17, 15) is 9.59 Å². The van der Waals surface area contributed by atoms with E-state index in [1.807, 2.05) is 21.9 Å². The molecule has 0 saturated carbocycles. The lowest BCUT2D eigenvalue weighted by Gasteiger charge is -2.06. The number of aromatic nitrogens is 3. The minimum absolute atomic E-state index is 0.175. The molecule has 0 aromatic carbocycles. The van der Waals surface area contributed by atoms with Crippen LogP contribution in [0.5, 0.6) is 0 Å². The summed E-state index contributed by atoms with van der Waals surface area (Å²) in [7, 11) is 1.28. The fourth-order valence-corrected chi connectivity index (χ4v) is 3.04. The van der Waals surface area contributed by atoms with Crippen LogP contribution in [0, 0.1) is 6.92 Å². The molecule has 6 nitrogen and oxygen atoms in total. The van der Waals surface area contributed by atoms with Crippen LogP contribution >= 0.6 is 11.3 Å². The van der Waals surface area contributed by atoms with Crippen molar-refractivity contribution in [1.29, 1.82) is 0 Å². The van der Waals surface area contributed by atoms with Crippen molar-refractivity contribution in [3.63, 3.8) is 0 Å². The number of rotatable bonds is 2. The van der Waals surface area contributed by atoms with Crippen LogP contribution < -0.4 is 5.56 Å². The maximum Gasteiger partial charge on any atom is 0.327 e. The maximum absolute atomic E-state index is 12.3. The molecule has 0 unspecified atom stereocenters. The van der Waals surface area contributed by atoms with E-state index in [4.69, 9.17) is 0 Å². The molecule has 0 saturated heterocycles. The molecule has 98 valence electrons. The Morgan fingerprint density at radius 1 is 1.53 bits per heavy atom. The first kappa shape index (κ1) is 11.9. The monoisotopic (exact) mass is 277 g/mol. The Balaban J connectivity index is 2.30. The molecule has 0 N–H and O–H groups in total. The molecule has 0 radical (unpaired) electrons. The number of fused-ring (bicyclic) bond motifs is 3. The summed E-state index contributed by atoms with van der Waals surface area (Å²) in [5.74, 6) is 0.169. The number of esters is 1. The van der Waals surface area contributed by atoms with Gasteiger partial charge in [-0.25, -0.2) is 4.68 Å². The van der Waals surface area contributed by atoms with Crippen molar-refractivity contribution in [3.05, 3.63) is 33.7 Å². The van der Waals surface area contributed by atoms with E-state index in [-0.39, 0.29) is 12.1 Å². The molecule has 0 bridgehead atoms. The summed E-state index contributed by atoms with van der Waals surface area (Å²) in [5, 5.41) is 7.14. The van der Waals surface area contributed by atoms with E-state index >= 15 is 0 Å². The molecule has 0 spiro atoms. The van der Waals surface area contributed by atoms with Crippen molar-refractivity contribution in [1.82, 2.24) is 14.2 Å². The Morgan fingerprint density at radius 2 is 2.32 bits per heavy atom. The number of aryl methyl sites for hydroxylation is 1. The minimum Gasteiger partial charge on any atom is -0.468 e. The highest BCUT2D eigenvalue weighted by Crippen LogP contribution is 2.24. The molecule has 3 heterocycles. The highest BCUT2D eigenvalue weighted by atomic mass is 32.1. The third kappa shape index (κ3) is 1.74. The molecule has 3 rings (SSSR count). The molecule has 19 heavy (non-hydrogen) atoms. The molecule has 0 fully saturated rings. The van der Waals surface area contributed by atoms with Gasteiger partial charge in [-0.2, -0.15) is 5.10 Å². The molecule has 0 amide bonds. The van der Waals surface area contributed by atoms with E-state index in [0.717, 1.165) is 14.9 Å². The van der Waals surface area contributed by atoms with Crippen molar-refractivity contribution in [2.24, 2.45) is 0 Å². The van der Waals surface area contributed by atoms with Crippen LogP contribution in [0.4, 0.5) is 0 Å². The summed E-state index contributed by atoms with van der Waals surface area (Å²) in [4.78, 5) is 24.5. The van der Waals surface area contributed by atoms with Crippen LogP contribution in [0.25, 0.3) is 15.7 Å². The van der Waals surface area contributed by atoms with Crippen LogP contribution in [0.15, 0.2) is 22.3 Å². The van der Waals surface area contributed by atoms with E-state index in [2.05, 4.69) is 9.84 Å². The van der Waals surface area contributed by atoms with Crippen molar-refractivity contribution >= 4 is 33.0 Å². The smallest absolute Gasteiger partial charge is 0.327 e. The van der Waals surface area contributed by atoms with E-state index in [1.165, 1.54) is 7.11 Å². The number of carbonyl (C=O) groups is 1. The van der Waals surface area contributed by atoms with Gasteiger partial charge in [0.2, 0.25) is 0 Å². The number of methoxy groups -OCH3 is 1. The Hall–Kier alpha value is -2.15. The van der Waals surface area contributed by atoms with Gasteiger partial charge in [0.15, 0.2) is 0 Å². The summed E-state index contributed by atoms with van der Waals surface area (Å²) in [6, 6.07) is 3.77. The summed E-state index contributed by atoms with van der Waals surface area (Å²) < 4.78 is 7.52. The lowest BCUT2D eigenvalue weighted by atomic mass is 10.4. The zero-order valence-corrected chi connectivity index (χ0v) is 11.2. The van der Waals surface area contributed by atoms with Gasteiger partial charge in [0.1, 0.15) is 22.7 Å². The number of carbonyl (C=O) groups excluding carboxylic acids is 1. The minimum atomic E-state index is -0.494. The summed E-state index contributed by atoms with van der Waals surface area (Å²) in [6.45, 7) is 1.63. The molecule has 0 atom stereocenters. The highest BCUT2D eigenvalue weighted by Gasteiger charge is 2.14. The molecular weight excluding hydrogens is 266 g/mol. The summed E-state index contributed by atoms with van der Waals surface area (Å²) in [6.07, 6.45) is 0. The first-order valence-corrected chi connectivity index (χ1v) is 6.53. The van der Waals surface area contributed by atoms with Crippen LogP contribution in [0.1, 0.15) is 5.82 Å². The van der Waals surface area contributed by atoms with Gasteiger partial charge >= 0.3 is 5.97 Å². The Labute approximate surface area is 111 Å². The standard InChI is InChI=1S/C12H11N3O3S/c1-7-13-14(6-10(16)18-2)11(17)9-5-8-3-4-19-12(8)15(7)9/h3-5H,6H2,1-2H3. The van der Waals surface area contributed by atoms with Gasteiger partial charge < -0.3 is 4.74 Å². The third-order valence-corrected chi connectivity index (χ3v) is 3.87. The predicted octanol–water partition coefficient (Wildman–Crippen LogP) is 1.19. The Kier molecular flexibility index (Phi) is 2.63. The molecule has 0 aliphatic rings. The maximum atomic E-state index is 12.3. The lowest BCUT2D eigenvalue weighted by molar-refractivity contribution is -0.141. The van der Waals surface area contributed by atoms with Crippen molar-refractivity contribution in [3.8, 4) is 0 Å². The topological polar surface area (TPSA) is 65.6 Å². The van der Waals surface area contributed by atoms with Gasteiger partial charge in [-0.1, -0.05) is 0 Å². The van der Waals surface area contributed by atoms with Gasteiger partial charge in [0.05, 0.1) is 7.11 Å². The molecule has 3 aromatic rings. The Morgan fingerprint density at radius 3 is 3.05 bits per heavy atom. The van der Waals surface area contributed by atoms with Gasteiger partial charge in [0.25, 0.3) is 5.56 Å². The first-order valence-electron chi connectivity index (χ1n) is 5.65. The van der Waals surface area contributed by atoms with E-state index in [1.54, 1.807) is 18.3 Å². The molecule has 0 aliphatic heterocycles. The second-order valence-corrected chi connectivity index (χ2v) is 5.03. The van der Waals surface area contributed by atoms with Gasteiger partial charge in [-0.15, -0.1) is 11.3 Å². The van der Waals surface area contributed by atoms with Crippen molar-refractivity contribution < 1.29 is 9.53 Å². The van der Waals surface area contributed by atoms with Crippen molar-refractivity contribution in [2.45, 2.75) is 13.5 Å². The quantitative estimate of drug-likeness (QED) is 0.660. The first-order chi connectivity index (χ1) is 9.11.